The summed E-state index contributed by atoms with van der Waals surface area (Å²) in [6.45, 7) is 8.27. The molecule has 0 bridgehead atoms. The minimum absolute atomic E-state index is 0.0156. The number of rotatable bonds is 3. The summed E-state index contributed by atoms with van der Waals surface area (Å²) in [5.74, 6) is 0.839. The van der Waals surface area contributed by atoms with E-state index in [0.717, 1.165) is 29.0 Å². The van der Waals surface area contributed by atoms with Gasteiger partial charge >= 0.3 is 0 Å². The molecule has 1 amide bonds. The summed E-state index contributed by atoms with van der Waals surface area (Å²) in [5, 5.41) is 0. The first-order chi connectivity index (χ1) is 11.0. The molecule has 1 aliphatic rings. The Hall–Kier alpha value is -2.29. The Kier molecular flexibility index (Phi) is 4.12. The van der Waals surface area contributed by atoms with Gasteiger partial charge in [-0.15, -0.1) is 0 Å². The van der Waals surface area contributed by atoms with Crippen molar-refractivity contribution in [3.05, 3.63) is 58.7 Å². The molecule has 2 aromatic carbocycles. The molecule has 1 unspecified atom stereocenters. The highest BCUT2D eigenvalue weighted by atomic mass is 16.5. The fourth-order valence-electron chi connectivity index (χ4n) is 3.54. The third kappa shape index (κ3) is 2.96. The largest absolute Gasteiger partial charge is 0.483 e. The first-order valence-corrected chi connectivity index (χ1v) is 8.08. The van der Waals surface area contributed by atoms with Gasteiger partial charge in [0.25, 0.3) is 5.91 Å². The first-order valence-electron chi connectivity index (χ1n) is 8.08. The molecule has 0 N–H and O–H groups in total. The van der Waals surface area contributed by atoms with Crippen LogP contribution in [0.2, 0.25) is 0 Å². The fourth-order valence-corrected chi connectivity index (χ4v) is 3.54. The molecule has 3 heteroatoms. The smallest absolute Gasteiger partial charge is 0.265 e. The molecule has 0 saturated heterocycles. The summed E-state index contributed by atoms with van der Waals surface area (Å²) in [6, 6.07) is 12.5. The van der Waals surface area contributed by atoms with Crippen molar-refractivity contribution in [3.8, 4) is 5.75 Å². The quantitative estimate of drug-likeness (QED) is 0.858. The normalized spacial score (nSPS) is 16.3. The lowest BCUT2D eigenvalue weighted by Crippen LogP contribution is -2.39. The average molecular weight is 309 g/mol. The molecular formula is C20H23NO2. The van der Waals surface area contributed by atoms with Crippen LogP contribution in [0.15, 0.2) is 36.4 Å². The van der Waals surface area contributed by atoms with Crippen LogP contribution in [0.25, 0.3) is 0 Å². The van der Waals surface area contributed by atoms with Gasteiger partial charge in [-0.1, -0.05) is 35.9 Å². The van der Waals surface area contributed by atoms with Crippen LogP contribution in [0, 0.1) is 20.8 Å². The van der Waals surface area contributed by atoms with Crippen molar-refractivity contribution in [2.75, 3.05) is 11.5 Å². The zero-order valence-corrected chi connectivity index (χ0v) is 14.2. The SMILES string of the molecule is Cc1cc(C)c(OCC(=O)N2c3ccccc3CC2C)c(C)c1. The maximum absolute atomic E-state index is 12.7. The van der Waals surface area contributed by atoms with Gasteiger partial charge in [0.15, 0.2) is 6.61 Å². The maximum atomic E-state index is 12.7. The van der Waals surface area contributed by atoms with E-state index in [-0.39, 0.29) is 18.6 Å². The molecule has 0 saturated carbocycles. The second-order valence-electron chi connectivity index (χ2n) is 6.46. The Morgan fingerprint density at radius 1 is 1.17 bits per heavy atom. The zero-order valence-electron chi connectivity index (χ0n) is 14.2. The zero-order chi connectivity index (χ0) is 16.6. The summed E-state index contributed by atoms with van der Waals surface area (Å²) >= 11 is 0. The Bertz CT molecular complexity index is 728. The van der Waals surface area contributed by atoms with E-state index in [4.69, 9.17) is 4.74 Å². The molecule has 0 aromatic heterocycles. The Balaban J connectivity index is 1.76. The van der Waals surface area contributed by atoms with Crippen LogP contribution in [-0.2, 0) is 11.2 Å². The third-order valence-electron chi connectivity index (χ3n) is 4.42. The number of amides is 1. The summed E-state index contributed by atoms with van der Waals surface area (Å²) in [4.78, 5) is 14.6. The van der Waals surface area contributed by atoms with E-state index in [2.05, 4.69) is 32.0 Å². The van der Waals surface area contributed by atoms with Gasteiger partial charge in [0.2, 0.25) is 0 Å². The molecule has 1 aliphatic heterocycles. The van der Waals surface area contributed by atoms with Crippen molar-refractivity contribution in [3.63, 3.8) is 0 Å². The molecule has 3 nitrogen and oxygen atoms in total. The van der Waals surface area contributed by atoms with Crippen molar-refractivity contribution in [2.45, 2.75) is 40.2 Å². The van der Waals surface area contributed by atoms with Gasteiger partial charge in [-0.3, -0.25) is 4.79 Å². The highest BCUT2D eigenvalue weighted by Gasteiger charge is 2.30. The molecule has 0 radical (unpaired) electrons. The Morgan fingerprint density at radius 2 is 1.83 bits per heavy atom. The number of aryl methyl sites for hydroxylation is 3. The van der Waals surface area contributed by atoms with Gasteiger partial charge in [0, 0.05) is 11.7 Å². The molecule has 0 aliphatic carbocycles. The molecule has 0 fully saturated rings. The second-order valence-corrected chi connectivity index (χ2v) is 6.46. The number of fused-ring (bicyclic) bond motifs is 1. The molecule has 120 valence electrons. The number of benzene rings is 2. The number of hydrogen-bond donors (Lipinski definition) is 0. The Labute approximate surface area is 137 Å². The maximum Gasteiger partial charge on any atom is 0.265 e. The summed E-state index contributed by atoms with van der Waals surface area (Å²) in [7, 11) is 0. The lowest BCUT2D eigenvalue weighted by molar-refractivity contribution is -0.120. The first kappa shape index (κ1) is 15.6. The monoisotopic (exact) mass is 309 g/mol. The van der Waals surface area contributed by atoms with Gasteiger partial charge in [-0.25, -0.2) is 0 Å². The van der Waals surface area contributed by atoms with Gasteiger partial charge in [-0.05, 0) is 56.9 Å². The number of carbonyl (C=O) groups excluding carboxylic acids is 1. The van der Waals surface area contributed by atoms with E-state index >= 15 is 0 Å². The lowest BCUT2D eigenvalue weighted by atomic mass is 10.1. The van der Waals surface area contributed by atoms with E-state index in [1.54, 1.807) is 0 Å². The molecular weight excluding hydrogens is 286 g/mol. The summed E-state index contributed by atoms with van der Waals surface area (Å²) < 4.78 is 5.87. The predicted molar refractivity (Wildman–Crippen MR) is 93.2 cm³/mol. The topological polar surface area (TPSA) is 29.5 Å². The average Bonchev–Trinajstić information content (AvgIpc) is 2.81. The van der Waals surface area contributed by atoms with Crippen molar-refractivity contribution in [1.82, 2.24) is 0 Å². The van der Waals surface area contributed by atoms with Gasteiger partial charge in [0.05, 0.1) is 0 Å². The van der Waals surface area contributed by atoms with Crippen molar-refractivity contribution < 1.29 is 9.53 Å². The van der Waals surface area contributed by atoms with E-state index in [9.17, 15) is 4.79 Å². The van der Waals surface area contributed by atoms with E-state index in [1.807, 2.05) is 36.9 Å². The molecule has 2 aromatic rings. The van der Waals surface area contributed by atoms with Crippen molar-refractivity contribution >= 4 is 11.6 Å². The third-order valence-corrected chi connectivity index (χ3v) is 4.42. The van der Waals surface area contributed by atoms with Crippen LogP contribution >= 0.6 is 0 Å². The number of anilines is 1. The van der Waals surface area contributed by atoms with Crippen LogP contribution in [0.5, 0.6) is 5.75 Å². The number of carbonyl (C=O) groups is 1. The van der Waals surface area contributed by atoms with Crippen molar-refractivity contribution in [1.29, 1.82) is 0 Å². The van der Waals surface area contributed by atoms with E-state index < -0.39 is 0 Å². The Morgan fingerprint density at radius 3 is 2.52 bits per heavy atom. The molecule has 3 rings (SSSR count). The minimum atomic E-state index is 0.0156. The second kappa shape index (κ2) is 6.07. The molecule has 1 heterocycles. The number of nitrogens with zero attached hydrogens (tertiary/aromatic N) is 1. The van der Waals surface area contributed by atoms with Gasteiger partial charge in [0.1, 0.15) is 5.75 Å². The van der Waals surface area contributed by atoms with Crippen LogP contribution in [0.4, 0.5) is 5.69 Å². The predicted octanol–water partition coefficient (Wildman–Crippen LogP) is 3.97. The summed E-state index contributed by atoms with van der Waals surface area (Å²) in [5.41, 5.74) is 5.61. The number of para-hydroxylation sites is 1. The highest BCUT2D eigenvalue weighted by Crippen LogP contribution is 2.32. The van der Waals surface area contributed by atoms with Crippen LogP contribution in [0.1, 0.15) is 29.2 Å². The van der Waals surface area contributed by atoms with Crippen LogP contribution < -0.4 is 9.64 Å². The van der Waals surface area contributed by atoms with Crippen LogP contribution in [-0.4, -0.2) is 18.6 Å². The standard InChI is InChI=1S/C20H23NO2/c1-13-9-14(2)20(15(3)10-13)23-12-19(22)21-16(4)11-17-7-5-6-8-18(17)21/h5-10,16H,11-12H2,1-4H3. The molecule has 1 atom stereocenters. The summed E-state index contributed by atoms with van der Waals surface area (Å²) in [6.07, 6.45) is 0.907. The van der Waals surface area contributed by atoms with Crippen molar-refractivity contribution in [2.24, 2.45) is 0 Å². The van der Waals surface area contributed by atoms with E-state index in [0.29, 0.717) is 0 Å². The molecule has 0 spiro atoms. The lowest BCUT2D eigenvalue weighted by Gasteiger charge is -2.23. The fraction of sp³-hybridized carbons (Fsp3) is 0.350. The number of ether oxygens (including phenoxy) is 1. The molecule has 23 heavy (non-hydrogen) atoms. The van der Waals surface area contributed by atoms with E-state index in [1.165, 1.54) is 11.1 Å². The minimum Gasteiger partial charge on any atom is -0.483 e. The van der Waals surface area contributed by atoms with Crippen LogP contribution in [0.3, 0.4) is 0 Å². The number of hydrogen-bond acceptors (Lipinski definition) is 2. The van der Waals surface area contributed by atoms with Gasteiger partial charge in [-0.2, -0.15) is 0 Å². The highest BCUT2D eigenvalue weighted by molar-refractivity contribution is 5.97. The van der Waals surface area contributed by atoms with Gasteiger partial charge < -0.3 is 9.64 Å².